The molecule has 0 fully saturated rings. The number of esters is 1. The quantitative estimate of drug-likeness (QED) is 0.173. The van der Waals surface area contributed by atoms with Crippen LogP contribution in [0.15, 0.2) is 94.6 Å². The van der Waals surface area contributed by atoms with Crippen molar-refractivity contribution in [3.05, 3.63) is 123 Å². The van der Waals surface area contributed by atoms with E-state index in [1.54, 1.807) is 21.0 Å². The van der Waals surface area contributed by atoms with Crippen LogP contribution in [-0.2, 0) is 20.9 Å². The zero-order valence-electron chi connectivity index (χ0n) is 25.4. The number of carbonyl (C=O) groups excluding carboxylic acids is 2. The molecule has 2 unspecified atom stereocenters. The van der Waals surface area contributed by atoms with Crippen LogP contribution in [0.1, 0.15) is 42.2 Å². The molecule has 3 aromatic carbocycles. The molecule has 0 aliphatic carbocycles. The Bertz CT molecular complexity index is 1790. The third-order valence-corrected chi connectivity index (χ3v) is 7.18. The molecule has 4 rings (SSSR count). The van der Waals surface area contributed by atoms with Crippen molar-refractivity contribution in [3.8, 4) is 22.9 Å². The first-order valence-corrected chi connectivity index (χ1v) is 14.4. The van der Waals surface area contributed by atoms with Crippen LogP contribution < -0.4 is 26.6 Å². The molecule has 0 saturated heterocycles. The largest absolute Gasteiger partial charge is 0.497 e. The number of hydrogen-bond donors (Lipinski definition) is 2. The maximum Gasteiger partial charge on any atom is 0.332 e. The molecule has 0 radical (unpaired) electrons. The molecule has 1 amide bonds. The number of methoxy groups -OCH3 is 1. The normalized spacial score (nSPS) is 12.0. The van der Waals surface area contributed by atoms with E-state index < -0.39 is 48.4 Å². The number of aromatic nitrogens is 2. The minimum atomic E-state index is -0.788. The summed E-state index contributed by atoms with van der Waals surface area (Å²) in [5.41, 5.74) is 2.87. The van der Waals surface area contributed by atoms with Crippen molar-refractivity contribution in [1.82, 2.24) is 19.8 Å². The van der Waals surface area contributed by atoms with E-state index in [0.29, 0.717) is 0 Å². The summed E-state index contributed by atoms with van der Waals surface area (Å²) >= 11 is 0. The molecule has 0 aliphatic rings. The van der Waals surface area contributed by atoms with Crippen LogP contribution in [-0.4, -0.2) is 41.3 Å². The standard InChI is InChI=1S/C34H35N5O6/c1-23-21-38(22-30(40)36-20-31(41)45-19-9-18-35)34(43)39(33(23)42)24(2)37-32(26-10-5-4-6-11-26)29-13-8-7-12-28(29)25-14-16-27(44-3)17-15-25/h4-8,10-17,21,24,32,37H,9,19-20,22H2,1-3H3,(H,36,40). The highest BCUT2D eigenvalue weighted by Gasteiger charge is 2.23. The summed E-state index contributed by atoms with van der Waals surface area (Å²) in [6, 6.07) is 26.8. The second kappa shape index (κ2) is 15.3. The van der Waals surface area contributed by atoms with E-state index in [0.717, 1.165) is 37.1 Å². The van der Waals surface area contributed by atoms with E-state index >= 15 is 0 Å². The van der Waals surface area contributed by atoms with Crippen LogP contribution in [0.5, 0.6) is 5.75 Å². The van der Waals surface area contributed by atoms with Crippen molar-refractivity contribution in [2.75, 3.05) is 20.3 Å². The highest BCUT2D eigenvalue weighted by atomic mass is 16.5. The topological polar surface area (TPSA) is 144 Å². The Hall–Kier alpha value is -5.47. The molecular formula is C34H35N5O6. The van der Waals surface area contributed by atoms with Crippen LogP contribution in [0.4, 0.5) is 0 Å². The number of amides is 1. The second-order valence-electron chi connectivity index (χ2n) is 10.3. The number of nitriles is 1. The Morgan fingerprint density at radius 3 is 2.36 bits per heavy atom. The number of hydrogen-bond acceptors (Lipinski definition) is 8. The molecule has 4 aromatic rings. The number of benzene rings is 3. The average Bonchev–Trinajstić information content (AvgIpc) is 3.06. The van der Waals surface area contributed by atoms with E-state index in [9.17, 15) is 19.2 Å². The average molecular weight is 610 g/mol. The van der Waals surface area contributed by atoms with Gasteiger partial charge in [0.15, 0.2) is 0 Å². The molecule has 45 heavy (non-hydrogen) atoms. The minimum Gasteiger partial charge on any atom is -0.497 e. The van der Waals surface area contributed by atoms with Gasteiger partial charge in [-0.1, -0.05) is 66.7 Å². The zero-order chi connectivity index (χ0) is 32.3. The lowest BCUT2D eigenvalue weighted by atomic mass is 9.90. The molecule has 0 spiro atoms. The predicted molar refractivity (Wildman–Crippen MR) is 168 cm³/mol. The lowest BCUT2D eigenvalue weighted by Gasteiger charge is -2.27. The SMILES string of the molecule is COc1ccc(-c2ccccc2C(NC(C)n2c(=O)c(C)cn(CC(=O)NCC(=O)OCCC#N)c2=O)c2ccccc2)cc1. The van der Waals surface area contributed by atoms with Gasteiger partial charge in [0, 0.05) is 11.8 Å². The maximum absolute atomic E-state index is 13.6. The molecule has 0 aliphatic heterocycles. The van der Waals surface area contributed by atoms with Gasteiger partial charge in [-0.3, -0.25) is 24.3 Å². The lowest BCUT2D eigenvalue weighted by Crippen LogP contribution is -2.48. The fourth-order valence-corrected chi connectivity index (χ4v) is 4.97. The van der Waals surface area contributed by atoms with Gasteiger partial charge in [0.25, 0.3) is 5.56 Å². The van der Waals surface area contributed by atoms with Gasteiger partial charge in [0.1, 0.15) is 25.4 Å². The first-order valence-electron chi connectivity index (χ1n) is 14.4. The summed E-state index contributed by atoms with van der Waals surface area (Å²) in [6.07, 6.45) is 0.579. The smallest absolute Gasteiger partial charge is 0.332 e. The zero-order valence-corrected chi connectivity index (χ0v) is 25.4. The van der Waals surface area contributed by atoms with Crippen LogP contribution in [0, 0.1) is 18.3 Å². The van der Waals surface area contributed by atoms with Crippen molar-refractivity contribution in [3.63, 3.8) is 0 Å². The van der Waals surface area contributed by atoms with Gasteiger partial charge in [0.2, 0.25) is 5.91 Å². The summed E-state index contributed by atoms with van der Waals surface area (Å²) in [5.74, 6) is -0.580. The summed E-state index contributed by atoms with van der Waals surface area (Å²) in [7, 11) is 1.61. The maximum atomic E-state index is 13.6. The molecule has 232 valence electrons. The van der Waals surface area contributed by atoms with Gasteiger partial charge in [-0.2, -0.15) is 5.26 Å². The molecule has 2 atom stereocenters. The van der Waals surface area contributed by atoms with Crippen molar-refractivity contribution < 1.29 is 19.1 Å². The summed E-state index contributed by atoms with van der Waals surface area (Å²) in [5, 5.41) is 14.5. The monoisotopic (exact) mass is 609 g/mol. The van der Waals surface area contributed by atoms with E-state index in [-0.39, 0.29) is 18.6 Å². The van der Waals surface area contributed by atoms with E-state index in [2.05, 4.69) is 10.6 Å². The number of nitrogens with one attached hydrogen (secondary N) is 2. The minimum absolute atomic E-state index is 0.0420. The van der Waals surface area contributed by atoms with Gasteiger partial charge in [-0.25, -0.2) is 9.36 Å². The fourth-order valence-electron chi connectivity index (χ4n) is 4.97. The predicted octanol–water partition coefficient (Wildman–Crippen LogP) is 3.46. The molecule has 1 aromatic heterocycles. The van der Waals surface area contributed by atoms with E-state index in [1.807, 2.05) is 84.9 Å². The Balaban J connectivity index is 1.64. The number of rotatable bonds is 13. The molecule has 2 N–H and O–H groups in total. The number of aryl methyl sites for hydroxylation is 1. The first kappa shape index (κ1) is 32.4. The van der Waals surface area contributed by atoms with Gasteiger partial charge in [0.05, 0.1) is 31.8 Å². The number of carbonyl (C=O) groups is 2. The molecule has 0 saturated carbocycles. The number of ether oxygens (including phenoxy) is 2. The molecule has 0 bridgehead atoms. The number of nitrogens with zero attached hydrogens (tertiary/aromatic N) is 3. The molecule has 11 nitrogen and oxygen atoms in total. The van der Waals surface area contributed by atoms with Gasteiger partial charge in [-0.05, 0) is 48.2 Å². The van der Waals surface area contributed by atoms with E-state index in [4.69, 9.17) is 14.7 Å². The first-order chi connectivity index (χ1) is 21.7. The Morgan fingerprint density at radius 2 is 1.67 bits per heavy atom. The lowest BCUT2D eigenvalue weighted by molar-refractivity contribution is -0.143. The summed E-state index contributed by atoms with van der Waals surface area (Å²) in [4.78, 5) is 51.3. The second-order valence-corrected chi connectivity index (χ2v) is 10.3. The van der Waals surface area contributed by atoms with Crippen molar-refractivity contribution >= 4 is 11.9 Å². The molecular weight excluding hydrogens is 574 g/mol. The summed E-state index contributed by atoms with van der Waals surface area (Å²) < 4.78 is 12.4. The highest BCUT2D eigenvalue weighted by molar-refractivity contribution is 5.81. The third kappa shape index (κ3) is 8.13. The van der Waals surface area contributed by atoms with Gasteiger partial charge in [-0.15, -0.1) is 0 Å². The fraction of sp³-hybridized carbons (Fsp3) is 0.265. The van der Waals surface area contributed by atoms with Gasteiger partial charge >= 0.3 is 11.7 Å². The van der Waals surface area contributed by atoms with Crippen LogP contribution >= 0.6 is 0 Å². The van der Waals surface area contributed by atoms with Crippen LogP contribution in [0.3, 0.4) is 0 Å². The Morgan fingerprint density at radius 1 is 0.978 bits per heavy atom. The molecule has 1 heterocycles. The Labute approximate surface area is 260 Å². The van der Waals surface area contributed by atoms with Crippen molar-refractivity contribution in [2.45, 2.75) is 39.0 Å². The summed E-state index contributed by atoms with van der Waals surface area (Å²) in [6.45, 7) is 2.38. The molecule has 11 heteroatoms. The van der Waals surface area contributed by atoms with Crippen LogP contribution in [0.25, 0.3) is 11.1 Å². The van der Waals surface area contributed by atoms with E-state index in [1.165, 1.54) is 6.20 Å². The van der Waals surface area contributed by atoms with Crippen molar-refractivity contribution in [2.24, 2.45) is 0 Å². The third-order valence-electron chi connectivity index (χ3n) is 7.18. The Kier molecular flexibility index (Phi) is 11.0. The van der Waals surface area contributed by atoms with Crippen molar-refractivity contribution in [1.29, 1.82) is 5.26 Å². The highest BCUT2D eigenvalue weighted by Crippen LogP contribution is 2.33. The van der Waals surface area contributed by atoms with Gasteiger partial charge < -0.3 is 14.8 Å². The van der Waals surface area contributed by atoms with Crippen LogP contribution in [0.2, 0.25) is 0 Å².